The van der Waals surface area contributed by atoms with E-state index >= 15 is 0 Å². The third-order valence-corrected chi connectivity index (χ3v) is 9.39. The molecule has 0 unspecified atom stereocenters. The van der Waals surface area contributed by atoms with Gasteiger partial charge in [-0.1, -0.05) is 12.1 Å². The Bertz CT molecular complexity index is 1240. The van der Waals surface area contributed by atoms with Crippen LogP contribution < -0.4 is 11.1 Å². The summed E-state index contributed by atoms with van der Waals surface area (Å²) in [5.41, 5.74) is 7.05. The number of primary amides is 1. The maximum atomic E-state index is 13.0. The zero-order valence-corrected chi connectivity index (χ0v) is 19.8. The fraction of sp³-hybridized carbons (Fsp3) is 0.409. The first-order valence-electron chi connectivity index (χ1n) is 10.7. The number of nitrogens with one attached hydrogen (secondary N) is 1. The number of rotatable bonds is 6. The van der Waals surface area contributed by atoms with Crippen LogP contribution in [-0.4, -0.2) is 61.7 Å². The lowest BCUT2D eigenvalue weighted by atomic mass is 10.1. The second kappa shape index (κ2) is 9.23. The van der Waals surface area contributed by atoms with Gasteiger partial charge in [-0.2, -0.15) is 9.57 Å². The molecule has 1 aromatic carbocycles. The van der Waals surface area contributed by atoms with Gasteiger partial charge in [0.1, 0.15) is 11.1 Å². The standard InChI is InChI=1S/C22H25N5O4S2/c1-14(21(29)25-22-19(20(24)28)16-6-4-7-17(16)32-22)26-9-11-27(12-10-26)33(30,31)18-8-3-2-5-15(18)13-23/h2-3,5,8,14H,4,6-7,9-12H2,1H3,(H2,24,28)(H,25,29)/t14-/m0/s1. The number of piperazine rings is 1. The number of aryl methyl sites for hydroxylation is 1. The fourth-order valence-corrected chi connectivity index (χ4v) is 7.25. The second-order valence-corrected chi connectivity index (χ2v) is 11.2. The summed E-state index contributed by atoms with van der Waals surface area (Å²) in [5.74, 6) is -0.794. The van der Waals surface area contributed by atoms with E-state index in [1.165, 1.54) is 27.8 Å². The van der Waals surface area contributed by atoms with Gasteiger partial charge in [0.25, 0.3) is 5.91 Å². The van der Waals surface area contributed by atoms with E-state index in [4.69, 9.17) is 5.73 Å². The Balaban J connectivity index is 1.42. The Morgan fingerprint density at radius 2 is 1.88 bits per heavy atom. The smallest absolute Gasteiger partial charge is 0.251 e. The molecule has 2 aromatic rings. The summed E-state index contributed by atoms with van der Waals surface area (Å²) in [4.78, 5) is 27.9. The number of nitrogens with zero attached hydrogens (tertiary/aromatic N) is 3. The van der Waals surface area contributed by atoms with Crippen molar-refractivity contribution in [2.75, 3.05) is 31.5 Å². The van der Waals surface area contributed by atoms with Crippen LogP contribution in [0.5, 0.6) is 0 Å². The monoisotopic (exact) mass is 487 g/mol. The van der Waals surface area contributed by atoms with Crippen molar-refractivity contribution in [2.24, 2.45) is 5.73 Å². The van der Waals surface area contributed by atoms with Gasteiger partial charge in [0.05, 0.1) is 22.1 Å². The molecule has 0 saturated carbocycles. The molecule has 1 aromatic heterocycles. The van der Waals surface area contributed by atoms with Crippen molar-refractivity contribution in [1.29, 1.82) is 5.26 Å². The van der Waals surface area contributed by atoms with Gasteiger partial charge < -0.3 is 11.1 Å². The molecule has 0 bridgehead atoms. The largest absolute Gasteiger partial charge is 0.365 e. The average molecular weight is 488 g/mol. The van der Waals surface area contributed by atoms with Gasteiger partial charge in [-0.25, -0.2) is 8.42 Å². The number of hydrogen-bond acceptors (Lipinski definition) is 7. The van der Waals surface area contributed by atoms with Gasteiger partial charge in [-0.05, 0) is 43.9 Å². The molecule has 9 nitrogen and oxygen atoms in total. The van der Waals surface area contributed by atoms with Crippen molar-refractivity contribution in [3.63, 3.8) is 0 Å². The molecular formula is C22H25N5O4S2. The number of benzene rings is 1. The van der Waals surface area contributed by atoms with Crippen LogP contribution in [0.25, 0.3) is 0 Å². The van der Waals surface area contributed by atoms with Crippen molar-refractivity contribution in [3.05, 3.63) is 45.8 Å². The van der Waals surface area contributed by atoms with E-state index in [0.29, 0.717) is 23.7 Å². The van der Waals surface area contributed by atoms with E-state index in [1.807, 2.05) is 11.0 Å². The second-order valence-electron chi connectivity index (χ2n) is 8.14. The van der Waals surface area contributed by atoms with Crippen molar-refractivity contribution < 1.29 is 18.0 Å². The van der Waals surface area contributed by atoms with Crippen molar-refractivity contribution in [2.45, 2.75) is 37.1 Å². The molecule has 1 atom stereocenters. The Kier molecular flexibility index (Phi) is 6.54. The number of nitrogens with two attached hydrogens (primary N) is 1. The lowest BCUT2D eigenvalue weighted by Gasteiger charge is -2.36. The lowest BCUT2D eigenvalue weighted by Crippen LogP contribution is -2.54. The molecule has 1 aliphatic heterocycles. The van der Waals surface area contributed by atoms with Gasteiger partial charge in [0.2, 0.25) is 15.9 Å². The highest BCUT2D eigenvalue weighted by atomic mass is 32.2. The van der Waals surface area contributed by atoms with Gasteiger partial charge >= 0.3 is 0 Å². The first-order chi connectivity index (χ1) is 15.7. The molecule has 1 aliphatic carbocycles. The molecule has 11 heteroatoms. The summed E-state index contributed by atoms with van der Waals surface area (Å²) >= 11 is 1.41. The molecule has 0 spiro atoms. The molecule has 33 heavy (non-hydrogen) atoms. The van der Waals surface area contributed by atoms with E-state index < -0.39 is 22.0 Å². The third-order valence-electron chi connectivity index (χ3n) is 6.23. The van der Waals surface area contributed by atoms with Gasteiger partial charge in [-0.15, -0.1) is 11.3 Å². The predicted molar refractivity (Wildman–Crippen MR) is 124 cm³/mol. The number of anilines is 1. The zero-order chi connectivity index (χ0) is 23.8. The fourth-order valence-electron chi connectivity index (χ4n) is 4.39. The van der Waals surface area contributed by atoms with E-state index in [2.05, 4.69) is 5.32 Å². The quantitative estimate of drug-likeness (QED) is 0.634. The first-order valence-corrected chi connectivity index (χ1v) is 13.0. The number of sulfonamides is 1. The number of carbonyl (C=O) groups is 2. The van der Waals surface area contributed by atoms with E-state index in [0.717, 1.165) is 29.7 Å². The number of carbonyl (C=O) groups excluding carboxylic acids is 2. The Hall–Kier alpha value is -2.78. The molecule has 2 heterocycles. The van der Waals surface area contributed by atoms with E-state index in [9.17, 15) is 23.3 Å². The van der Waals surface area contributed by atoms with Gasteiger partial charge in [0.15, 0.2) is 0 Å². The molecule has 0 radical (unpaired) electrons. The maximum absolute atomic E-state index is 13.0. The highest BCUT2D eigenvalue weighted by Crippen LogP contribution is 2.39. The molecule has 3 N–H and O–H groups in total. The molecule has 1 saturated heterocycles. The average Bonchev–Trinajstić information content (AvgIpc) is 3.39. The first kappa shape index (κ1) is 23.4. The predicted octanol–water partition coefficient (Wildman–Crippen LogP) is 1.54. The van der Waals surface area contributed by atoms with Crippen molar-refractivity contribution in [1.82, 2.24) is 9.21 Å². The van der Waals surface area contributed by atoms with Crippen LogP contribution in [-0.2, 0) is 27.7 Å². The normalized spacial score (nSPS) is 17.8. The molecular weight excluding hydrogens is 462 g/mol. The van der Waals surface area contributed by atoms with Crippen LogP contribution in [0, 0.1) is 11.3 Å². The van der Waals surface area contributed by atoms with Crippen molar-refractivity contribution in [3.8, 4) is 6.07 Å². The Morgan fingerprint density at radius 1 is 1.18 bits per heavy atom. The summed E-state index contributed by atoms with van der Waals surface area (Å²) in [6, 6.07) is 7.56. The number of hydrogen-bond donors (Lipinski definition) is 2. The highest BCUT2D eigenvalue weighted by molar-refractivity contribution is 7.89. The van der Waals surface area contributed by atoms with Crippen LogP contribution in [0.1, 0.15) is 39.7 Å². The van der Waals surface area contributed by atoms with Crippen LogP contribution in [0.15, 0.2) is 29.2 Å². The van der Waals surface area contributed by atoms with E-state index in [-0.39, 0.29) is 29.5 Å². The molecule has 174 valence electrons. The highest BCUT2D eigenvalue weighted by Gasteiger charge is 2.34. The van der Waals surface area contributed by atoms with Crippen LogP contribution in [0.4, 0.5) is 5.00 Å². The minimum atomic E-state index is -3.80. The summed E-state index contributed by atoms with van der Waals surface area (Å²) < 4.78 is 27.4. The topological polar surface area (TPSA) is 137 Å². The Labute approximate surface area is 196 Å². The number of thiophene rings is 1. The molecule has 2 amide bonds. The summed E-state index contributed by atoms with van der Waals surface area (Å²) in [6.45, 7) is 2.91. The minimum absolute atomic E-state index is 0.00327. The van der Waals surface area contributed by atoms with Crippen LogP contribution >= 0.6 is 11.3 Å². The summed E-state index contributed by atoms with van der Waals surface area (Å²) in [5, 5.41) is 12.6. The third kappa shape index (κ3) is 4.39. The Morgan fingerprint density at radius 3 is 2.55 bits per heavy atom. The number of amides is 2. The van der Waals surface area contributed by atoms with Crippen molar-refractivity contribution >= 4 is 38.2 Å². The molecule has 1 fully saturated rings. The van der Waals surface area contributed by atoms with E-state index in [1.54, 1.807) is 19.1 Å². The van der Waals surface area contributed by atoms with Gasteiger partial charge in [0, 0.05) is 31.1 Å². The van der Waals surface area contributed by atoms with Crippen LogP contribution in [0.2, 0.25) is 0 Å². The van der Waals surface area contributed by atoms with Crippen LogP contribution in [0.3, 0.4) is 0 Å². The molecule has 2 aliphatic rings. The lowest BCUT2D eigenvalue weighted by molar-refractivity contribution is -0.121. The number of nitriles is 1. The zero-order valence-electron chi connectivity index (χ0n) is 18.2. The molecule has 4 rings (SSSR count). The SMILES string of the molecule is C[C@@H](C(=O)Nc1sc2c(c1C(N)=O)CCC2)N1CCN(S(=O)(=O)c2ccccc2C#N)CC1. The maximum Gasteiger partial charge on any atom is 0.251 e. The minimum Gasteiger partial charge on any atom is -0.365 e. The number of fused-ring (bicyclic) bond motifs is 1. The summed E-state index contributed by atoms with van der Waals surface area (Å²) in [7, 11) is -3.80. The summed E-state index contributed by atoms with van der Waals surface area (Å²) in [6.07, 6.45) is 2.66. The van der Waals surface area contributed by atoms with Gasteiger partial charge in [-0.3, -0.25) is 14.5 Å².